The molecule has 1 heterocycles. The topological polar surface area (TPSA) is 166 Å². The summed E-state index contributed by atoms with van der Waals surface area (Å²) in [6.45, 7) is -1.64. The van der Waals surface area contributed by atoms with E-state index in [0.717, 1.165) is 0 Å². The Morgan fingerprint density at radius 1 is 0.577 bits per heavy atom. The fourth-order valence-corrected chi connectivity index (χ4v) is 6.61. The van der Waals surface area contributed by atoms with Gasteiger partial charge >= 0.3 is 52.8 Å². The van der Waals surface area contributed by atoms with Crippen LogP contribution in [-0.2, 0) is 62.8 Å². The number of hydrogen-bond acceptors (Lipinski definition) is 12. The fourth-order valence-electron chi connectivity index (χ4n) is 4.82. The second-order valence-corrected chi connectivity index (χ2v) is 15.1. The first-order chi connectivity index (χ1) is 23.8. The highest BCUT2D eigenvalue weighted by molar-refractivity contribution is 7.88. The Kier molecular flexibility index (Phi) is 11.5. The quantitative estimate of drug-likeness (QED) is 0.0774. The van der Waals surface area contributed by atoms with Crippen molar-refractivity contribution in [2.45, 2.75) is 46.5 Å². The summed E-state index contributed by atoms with van der Waals surface area (Å²) in [7, 11) is -21.0. The molecule has 4 rings (SSSR count). The van der Waals surface area contributed by atoms with Crippen molar-refractivity contribution < 1.29 is 91.6 Å². The van der Waals surface area contributed by atoms with Gasteiger partial charge in [0.05, 0.1) is 6.61 Å². The van der Waals surface area contributed by atoms with Crippen molar-refractivity contribution in [2.24, 2.45) is 0 Å². The van der Waals surface area contributed by atoms with Crippen molar-refractivity contribution in [1.82, 2.24) is 0 Å². The maximum absolute atomic E-state index is 13.6. The molecule has 4 atom stereocenters. The Hall–Kier alpha value is -3.81. The van der Waals surface area contributed by atoms with Gasteiger partial charge in [0.25, 0.3) is 0 Å². The normalized spacial score (nSPS) is 20.0. The standard InChI is InChI=1S/C28H21F9O12S3/c29-26(30,31)50(39,40)47-20(21-22(48-51(41,42)27(32,33)34)23(24(38)46-21)49-52(43,44)28(35,36)37)16-45-25(17-10-4-1-5-11-17,18-12-6-2-7-13-18)19-14-8-3-9-15-19/h1-15,20-23H,16H2/t20-,21-,22-,23+/m0/s1. The van der Waals surface area contributed by atoms with Gasteiger partial charge in [-0.2, -0.15) is 64.8 Å². The first kappa shape index (κ1) is 41.0. The van der Waals surface area contributed by atoms with E-state index in [2.05, 4.69) is 17.3 Å². The number of esters is 1. The van der Waals surface area contributed by atoms with E-state index in [1.165, 1.54) is 91.0 Å². The van der Waals surface area contributed by atoms with Gasteiger partial charge in [-0.25, -0.2) is 8.98 Å². The van der Waals surface area contributed by atoms with Gasteiger partial charge in [0.15, 0.2) is 12.2 Å². The molecule has 0 N–H and O–H groups in total. The zero-order valence-corrected chi connectivity index (χ0v) is 27.7. The minimum absolute atomic E-state index is 0.151. The second kappa shape index (κ2) is 14.5. The van der Waals surface area contributed by atoms with Gasteiger partial charge < -0.3 is 9.47 Å². The third kappa shape index (κ3) is 8.36. The molecular weight excluding hydrogens is 795 g/mol. The van der Waals surface area contributed by atoms with Gasteiger partial charge in [-0.05, 0) is 16.7 Å². The number of alkyl halides is 9. The summed E-state index contributed by atoms with van der Waals surface area (Å²) in [6.07, 6.45) is -13.6. The van der Waals surface area contributed by atoms with Crippen molar-refractivity contribution in [3.8, 4) is 0 Å². The Labute approximate surface area is 288 Å². The Balaban J connectivity index is 1.94. The zero-order valence-electron chi connectivity index (χ0n) is 25.2. The van der Waals surface area contributed by atoms with E-state index in [1.807, 2.05) is 0 Å². The molecule has 3 aromatic rings. The van der Waals surface area contributed by atoms with Crippen LogP contribution >= 0.6 is 0 Å². The van der Waals surface area contributed by atoms with Gasteiger partial charge in [-0.15, -0.1) is 0 Å². The van der Waals surface area contributed by atoms with Crippen LogP contribution in [0.2, 0.25) is 0 Å². The fraction of sp³-hybridized carbons (Fsp3) is 0.321. The molecule has 0 unspecified atom stereocenters. The lowest BCUT2D eigenvalue weighted by Crippen LogP contribution is -2.50. The van der Waals surface area contributed by atoms with Gasteiger partial charge in [0, 0.05) is 0 Å². The maximum Gasteiger partial charge on any atom is 0.523 e. The molecule has 0 spiro atoms. The average molecular weight is 817 g/mol. The van der Waals surface area contributed by atoms with E-state index >= 15 is 0 Å². The summed E-state index contributed by atoms with van der Waals surface area (Å²) in [4.78, 5) is 12.7. The summed E-state index contributed by atoms with van der Waals surface area (Å²) in [5.74, 6) is -2.45. The number of cyclic esters (lactones) is 1. The summed E-state index contributed by atoms with van der Waals surface area (Å²) in [6, 6.07) is 21.9. The van der Waals surface area contributed by atoms with Crippen molar-refractivity contribution >= 4 is 36.3 Å². The van der Waals surface area contributed by atoms with Crippen LogP contribution < -0.4 is 0 Å². The monoisotopic (exact) mass is 816 g/mol. The molecule has 0 aromatic heterocycles. The smallest absolute Gasteiger partial charge is 0.454 e. The van der Waals surface area contributed by atoms with Crippen LogP contribution in [0.4, 0.5) is 39.5 Å². The van der Waals surface area contributed by atoms with Crippen LogP contribution in [0.15, 0.2) is 91.0 Å². The number of carbonyl (C=O) groups excluding carboxylic acids is 1. The number of ether oxygens (including phenoxy) is 2. The number of halogens is 9. The van der Waals surface area contributed by atoms with Crippen molar-refractivity contribution in [1.29, 1.82) is 0 Å². The minimum atomic E-state index is -7.10. The molecule has 1 aliphatic rings. The number of rotatable bonds is 13. The molecule has 1 aliphatic heterocycles. The van der Waals surface area contributed by atoms with E-state index in [0.29, 0.717) is 0 Å². The lowest BCUT2D eigenvalue weighted by molar-refractivity contribution is -0.152. The highest BCUT2D eigenvalue weighted by Gasteiger charge is 2.62. The molecule has 3 aromatic carbocycles. The number of benzene rings is 3. The molecule has 1 fully saturated rings. The molecule has 52 heavy (non-hydrogen) atoms. The van der Waals surface area contributed by atoms with Gasteiger partial charge in [0.2, 0.25) is 6.10 Å². The van der Waals surface area contributed by atoms with Crippen LogP contribution in [0.1, 0.15) is 16.7 Å². The van der Waals surface area contributed by atoms with Gasteiger partial charge in [-0.3, -0.25) is 8.37 Å². The minimum Gasteiger partial charge on any atom is -0.454 e. The van der Waals surface area contributed by atoms with E-state index in [-0.39, 0.29) is 16.7 Å². The predicted molar refractivity (Wildman–Crippen MR) is 155 cm³/mol. The summed E-state index contributed by atoms with van der Waals surface area (Å²) in [5, 5.41) is 0. The van der Waals surface area contributed by atoms with Crippen molar-refractivity contribution in [3.05, 3.63) is 108 Å². The molecule has 1 saturated heterocycles. The summed E-state index contributed by atoms with van der Waals surface area (Å²) < 4.78 is 215. The molecule has 0 aliphatic carbocycles. The maximum atomic E-state index is 13.6. The third-order valence-corrected chi connectivity index (χ3v) is 10.2. The van der Waals surface area contributed by atoms with Crippen LogP contribution in [0.3, 0.4) is 0 Å². The van der Waals surface area contributed by atoms with Crippen LogP contribution in [0, 0.1) is 0 Å². The number of carbonyl (C=O) groups is 1. The number of hydrogen-bond donors (Lipinski definition) is 0. The SMILES string of the molecule is O=C1O[C@@H]([C@H](COC(c2ccccc2)(c2ccccc2)c2ccccc2)OS(=O)(=O)C(F)(F)F)[C@H](OS(=O)(=O)C(F)(F)F)[C@H]1OS(=O)(=O)C(F)(F)F. The van der Waals surface area contributed by atoms with Crippen molar-refractivity contribution in [3.63, 3.8) is 0 Å². The van der Waals surface area contributed by atoms with Gasteiger partial charge in [-0.1, -0.05) is 91.0 Å². The molecule has 286 valence electrons. The highest BCUT2D eigenvalue weighted by atomic mass is 32.2. The first-order valence-corrected chi connectivity index (χ1v) is 18.1. The molecule has 24 heteroatoms. The molecule has 0 amide bonds. The molecular formula is C28H21F9O12S3. The molecule has 0 bridgehead atoms. The van der Waals surface area contributed by atoms with Crippen LogP contribution in [0.25, 0.3) is 0 Å². The third-order valence-electron chi connectivity index (χ3n) is 7.05. The van der Waals surface area contributed by atoms with E-state index < -0.39 is 89.5 Å². The molecule has 0 radical (unpaired) electrons. The van der Waals surface area contributed by atoms with Gasteiger partial charge in [0.1, 0.15) is 11.7 Å². The Morgan fingerprint density at radius 2 is 0.942 bits per heavy atom. The van der Waals surface area contributed by atoms with Crippen LogP contribution in [-0.4, -0.2) is 78.8 Å². The van der Waals surface area contributed by atoms with E-state index in [4.69, 9.17) is 4.74 Å². The summed E-state index contributed by atoms with van der Waals surface area (Å²) in [5.41, 5.74) is -20.8. The largest absolute Gasteiger partial charge is 0.523 e. The van der Waals surface area contributed by atoms with Crippen molar-refractivity contribution in [2.75, 3.05) is 6.61 Å². The molecule has 12 nitrogen and oxygen atoms in total. The lowest BCUT2D eigenvalue weighted by Gasteiger charge is -2.38. The first-order valence-electron chi connectivity index (χ1n) is 13.8. The lowest BCUT2D eigenvalue weighted by atomic mass is 9.80. The highest BCUT2D eigenvalue weighted by Crippen LogP contribution is 2.42. The summed E-state index contributed by atoms with van der Waals surface area (Å²) >= 11 is 0. The van der Waals surface area contributed by atoms with E-state index in [1.54, 1.807) is 0 Å². The predicted octanol–water partition coefficient (Wildman–Crippen LogP) is 4.62. The Morgan fingerprint density at radius 3 is 1.31 bits per heavy atom. The van der Waals surface area contributed by atoms with E-state index in [9.17, 15) is 69.6 Å². The Bertz CT molecular complexity index is 1950. The van der Waals surface area contributed by atoms with Crippen LogP contribution in [0.5, 0.6) is 0 Å². The molecule has 0 saturated carbocycles. The average Bonchev–Trinajstić information content (AvgIpc) is 3.33. The zero-order chi connectivity index (χ0) is 39.0. The second-order valence-electron chi connectivity index (χ2n) is 10.4.